The highest BCUT2D eigenvalue weighted by atomic mass is 16.5. The molecule has 1 aliphatic rings. The van der Waals surface area contributed by atoms with E-state index in [2.05, 4.69) is 80.6 Å². The first kappa shape index (κ1) is 24.6. The van der Waals surface area contributed by atoms with Crippen molar-refractivity contribution in [1.29, 1.82) is 0 Å². The molecule has 0 radical (unpaired) electrons. The second kappa shape index (κ2) is 10.9. The van der Waals surface area contributed by atoms with Gasteiger partial charge in [0.05, 0.1) is 24.6 Å². The standard InChI is InChI=1S/C29H39N3O2/c1-6-27-26(17-31-16-24-12-10-9-11-23(24)15-25(31)19-34-8-3)28(7-2)32(30-27)29-20(4)13-22(18-33)14-21(29)5/h9-14,25,33H,6-8,15-19H2,1-5H3. The number of hydrogen-bond donors (Lipinski definition) is 1. The fourth-order valence-electron chi connectivity index (χ4n) is 5.47. The maximum atomic E-state index is 9.64. The topological polar surface area (TPSA) is 50.5 Å². The Morgan fingerprint density at radius 1 is 1.03 bits per heavy atom. The van der Waals surface area contributed by atoms with Gasteiger partial charge < -0.3 is 9.84 Å². The number of benzene rings is 2. The molecular formula is C29H39N3O2. The lowest BCUT2D eigenvalue weighted by Gasteiger charge is -2.37. The quantitative estimate of drug-likeness (QED) is 0.483. The number of ether oxygens (including phenoxy) is 1. The van der Waals surface area contributed by atoms with E-state index in [0.717, 1.165) is 67.9 Å². The Balaban J connectivity index is 1.74. The van der Waals surface area contributed by atoms with Gasteiger partial charge in [-0.05, 0) is 67.9 Å². The Labute approximate surface area is 204 Å². The lowest BCUT2D eigenvalue weighted by Crippen LogP contribution is -2.43. The molecule has 0 amide bonds. The Morgan fingerprint density at radius 2 is 1.74 bits per heavy atom. The second-order valence-electron chi connectivity index (χ2n) is 9.42. The number of aliphatic hydroxyl groups is 1. The normalized spacial score (nSPS) is 16.1. The van der Waals surface area contributed by atoms with Gasteiger partial charge in [-0.3, -0.25) is 4.90 Å². The van der Waals surface area contributed by atoms with Gasteiger partial charge in [-0.1, -0.05) is 50.2 Å². The first-order valence-corrected chi connectivity index (χ1v) is 12.7. The number of aryl methyl sites for hydroxylation is 3. The summed E-state index contributed by atoms with van der Waals surface area (Å²) < 4.78 is 8.09. The molecule has 0 bridgehead atoms. The molecule has 1 N–H and O–H groups in total. The molecule has 1 atom stereocenters. The number of fused-ring (bicyclic) bond motifs is 1. The zero-order valence-electron chi connectivity index (χ0n) is 21.4. The summed E-state index contributed by atoms with van der Waals surface area (Å²) >= 11 is 0. The first-order valence-electron chi connectivity index (χ1n) is 12.7. The van der Waals surface area contributed by atoms with Crippen LogP contribution in [0, 0.1) is 13.8 Å². The van der Waals surface area contributed by atoms with E-state index in [1.165, 1.54) is 28.1 Å². The third-order valence-corrected chi connectivity index (χ3v) is 7.13. The maximum Gasteiger partial charge on any atom is 0.0707 e. The van der Waals surface area contributed by atoms with Crippen LogP contribution in [0.25, 0.3) is 5.69 Å². The molecule has 3 aromatic rings. The van der Waals surface area contributed by atoms with Crippen molar-refractivity contribution in [3.05, 3.63) is 81.2 Å². The number of hydrogen-bond acceptors (Lipinski definition) is 4. The van der Waals surface area contributed by atoms with Crippen LogP contribution in [-0.4, -0.2) is 39.0 Å². The minimum atomic E-state index is 0.0603. The highest BCUT2D eigenvalue weighted by molar-refractivity contribution is 5.51. The number of aliphatic hydroxyl groups excluding tert-OH is 1. The summed E-state index contributed by atoms with van der Waals surface area (Å²) in [5.74, 6) is 0. The summed E-state index contributed by atoms with van der Waals surface area (Å²) in [5.41, 5.74) is 11.1. The third kappa shape index (κ3) is 4.83. The summed E-state index contributed by atoms with van der Waals surface area (Å²) in [5, 5.41) is 14.8. The molecule has 1 unspecified atom stereocenters. The van der Waals surface area contributed by atoms with E-state index >= 15 is 0 Å². The zero-order chi connectivity index (χ0) is 24.2. The average molecular weight is 462 g/mol. The van der Waals surface area contributed by atoms with Crippen molar-refractivity contribution in [3.63, 3.8) is 0 Å². The van der Waals surface area contributed by atoms with E-state index in [4.69, 9.17) is 9.84 Å². The van der Waals surface area contributed by atoms with Crippen LogP contribution in [0.1, 0.15) is 65.5 Å². The van der Waals surface area contributed by atoms with Crippen molar-refractivity contribution in [3.8, 4) is 5.69 Å². The van der Waals surface area contributed by atoms with Crippen LogP contribution in [0.4, 0.5) is 0 Å². The number of aromatic nitrogens is 2. The Kier molecular flexibility index (Phi) is 7.87. The van der Waals surface area contributed by atoms with E-state index in [1.807, 2.05) is 0 Å². The van der Waals surface area contributed by atoms with Crippen molar-refractivity contribution in [1.82, 2.24) is 14.7 Å². The van der Waals surface area contributed by atoms with Crippen molar-refractivity contribution in [2.75, 3.05) is 13.2 Å². The van der Waals surface area contributed by atoms with Crippen LogP contribution in [0.5, 0.6) is 0 Å². The van der Waals surface area contributed by atoms with Gasteiger partial charge in [0.2, 0.25) is 0 Å². The molecule has 5 heteroatoms. The molecular weight excluding hydrogens is 422 g/mol. The Bertz CT molecular complexity index is 1110. The largest absolute Gasteiger partial charge is 0.392 e. The van der Waals surface area contributed by atoms with E-state index in [9.17, 15) is 5.11 Å². The van der Waals surface area contributed by atoms with Crippen LogP contribution < -0.4 is 0 Å². The van der Waals surface area contributed by atoms with Gasteiger partial charge in [0.1, 0.15) is 0 Å². The first-order chi connectivity index (χ1) is 16.5. The molecule has 0 saturated heterocycles. The van der Waals surface area contributed by atoms with Crippen LogP contribution in [0.15, 0.2) is 36.4 Å². The molecule has 2 heterocycles. The van der Waals surface area contributed by atoms with Crippen molar-refractivity contribution in [2.45, 2.75) is 79.6 Å². The molecule has 182 valence electrons. The summed E-state index contributed by atoms with van der Waals surface area (Å²) in [4.78, 5) is 2.59. The van der Waals surface area contributed by atoms with Crippen LogP contribution >= 0.6 is 0 Å². The molecule has 1 aromatic heterocycles. The molecule has 5 nitrogen and oxygen atoms in total. The molecule has 2 aromatic carbocycles. The predicted molar refractivity (Wildman–Crippen MR) is 137 cm³/mol. The minimum Gasteiger partial charge on any atom is -0.392 e. The van der Waals surface area contributed by atoms with Crippen LogP contribution in [0.3, 0.4) is 0 Å². The molecule has 34 heavy (non-hydrogen) atoms. The highest BCUT2D eigenvalue weighted by Crippen LogP contribution is 2.30. The third-order valence-electron chi connectivity index (χ3n) is 7.13. The summed E-state index contributed by atoms with van der Waals surface area (Å²) in [6.07, 6.45) is 2.85. The van der Waals surface area contributed by atoms with Crippen molar-refractivity contribution >= 4 is 0 Å². The van der Waals surface area contributed by atoms with Gasteiger partial charge in [0, 0.05) is 37.0 Å². The predicted octanol–water partition coefficient (Wildman–Crippen LogP) is 5.07. The molecule has 0 fully saturated rings. The molecule has 1 aliphatic heterocycles. The lowest BCUT2D eigenvalue weighted by molar-refractivity contribution is 0.0511. The highest BCUT2D eigenvalue weighted by Gasteiger charge is 2.29. The van der Waals surface area contributed by atoms with E-state index in [1.54, 1.807) is 0 Å². The number of rotatable bonds is 9. The zero-order valence-corrected chi connectivity index (χ0v) is 21.4. The van der Waals surface area contributed by atoms with Crippen molar-refractivity contribution in [2.24, 2.45) is 0 Å². The van der Waals surface area contributed by atoms with Gasteiger partial charge in [0.15, 0.2) is 0 Å². The average Bonchev–Trinajstić information content (AvgIpc) is 3.18. The van der Waals surface area contributed by atoms with E-state index in [-0.39, 0.29) is 6.61 Å². The molecule has 0 aliphatic carbocycles. The Hall–Kier alpha value is -2.47. The van der Waals surface area contributed by atoms with Gasteiger partial charge in [-0.25, -0.2) is 4.68 Å². The summed E-state index contributed by atoms with van der Waals surface area (Å²) in [7, 11) is 0. The van der Waals surface area contributed by atoms with E-state index < -0.39 is 0 Å². The SMILES string of the molecule is CCOCC1Cc2ccccc2CN1Cc1c(CC)nn(-c2c(C)cc(CO)cc2C)c1CC. The van der Waals surface area contributed by atoms with Crippen molar-refractivity contribution < 1.29 is 9.84 Å². The van der Waals surface area contributed by atoms with Gasteiger partial charge in [-0.15, -0.1) is 0 Å². The molecule has 0 spiro atoms. The fourth-order valence-corrected chi connectivity index (χ4v) is 5.47. The monoisotopic (exact) mass is 461 g/mol. The van der Waals surface area contributed by atoms with Gasteiger partial charge in [0.25, 0.3) is 0 Å². The summed E-state index contributed by atoms with van der Waals surface area (Å²) in [6, 6.07) is 13.3. The summed E-state index contributed by atoms with van der Waals surface area (Å²) in [6.45, 7) is 14.1. The fraction of sp³-hybridized carbons (Fsp3) is 0.483. The molecule has 4 rings (SSSR count). The van der Waals surface area contributed by atoms with E-state index in [0.29, 0.717) is 6.04 Å². The molecule has 0 saturated carbocycles. The smallest absolute Gasteiger partial charge is 0.0707 e. The van der Waals surface area contributed by atoms with Crippen LogP contribution in [0.2, 0.25) is 0 Å². The number of nitrogens with zero attached hydrogens (tertiary/aromatic N) is 3. The maximum absolute atomic E-state index is 9.64. The lowest BCUT2D eigenvalue weighted by atomic mass is 9.93. The second-order valence-corrected chi connectivity index (χ2v) is 9.42. The minimum absolute atomic E-state index is 0.0603. The van der Waals surface area contributed by atoms with Gasteiger partial charge >= 0.3 is 0 Å². The Morgan fingerprint density at radius 3 is 2.35 bits per heavy atom. The van der Waals surface area contributed by atoms with Crippen LogP contribution in [-0.2, 0) is 43.7 Å². The van der Waals surface area contributed by atoms with Gasteiger partial charge in [-0.2, -0.15) is 5.10 Å².